The van der Waals surface area contributed by atoms with Gasteiger partial charge in [-0.25, -0.2) is 4.98 Å². The van der Waals surface area contributed by atoms with Gasteiger partial charge in [0.2, 0.25) is 0 Å². The summed E-state index contributed by atoms with van der Waals surface area (Å²) in [6, 6.07) is 16.0. The van der Waals surface area contributed by atoms with Gasteiger partial charge in [-0.1, -0.05) is 24.3 Å². The van der Waals surface area contributed by atoms with E-state index < -0.39 is 0 Å². The third-order valence-electron chi connectivity index (χ3n) is 4.65. The average molecular weight is 381 g/mol. The fourth-order valence-electron chi connectivity index (χ4n) is 3.34. The molecule has 0 atom stereocenters. The molecule has 1 aromatic carbocycles. The second-order valence-corrected chi connectivity index (χ2v) is 6.46. The van der Waals surface area contributed by atoms with E-state index in [0.717, 1.165) is 18.4 Å². The first-order valence-electron chi connectivity index (χ1n) is 8.75. The maximum absolute atomic E-state index is 12.8. The number of carbonyl (C=O) groups is 1. The Morgan fingerprint density at radius 2 is 1.67 bits per heavy atom. The fraction of sp³-hybridized carbons (Fsp3) is 0.190. The van der Waals surface area contributed by atoms with E-state index in [4.69, 9.17) is 0 Å². The van der Waals surface area contributed by atoms with Crippen LogP contribution in [0.25, 0.3) is 0 Å². The normalized spacial score (nSPS) is 12.7. The summed E-state index contributed by atoms with van der Waals surface area (Å²) in [6.45, 7) is 0.592. The Morgan fingerprint density at radius 3 is 2.37 bits per heavy atom. The standard InChI is InChI=1S/C21H20N4O.ClH/c26-21(25-18-12-16-4-1-2-5-17(16)13-18)19-6-3-9-23-20(19)24-14-15-7-10-22-11-8-15;/h1-11,18H,12-14H2,(H,23,24)(H,25,26);1H. The lowest BCUT2D eigenvalue weighted by Gasteiger charge is -2.15. The van der Waals surface area contributed by atoms with Crippen molar-refractivity contribution in [3.8, 4) is 0 Å². The number of hydrogen-bond donors (Lipinski definition) is 2. The van der Waals surface area contributed by atoms with Crippen molar-refractivity contribution in [3.63, 3.8) is 0 Å². The molecule has 0 spiro atoms. The molecule has 1 aliphatic carbocycles. The predicted molar refractivity (Wildman–Crippen MR) is 108 cm³/mol. The summed E-state index contributed by atoms with van der Waals surface area (Å²) >= 11 is 0. The van der Waals surface area contributed by atoms with Crippen molar-refractivity contribution >= 4 is 24.1 Å². The van der Waals surface area contributed by atoms with Crippen LogP contribution >= 0.6 is 12.4 Å². The third-order valence-corrected chi connectivity index (χ3v) is 4.65. The summed E-state index contributed by atoms with van der Waals surface area (Å²) < 4.78 is 0. The lowest BCUT2D eigenvalue weighted by Crippen LogP contribution is -2.35. The molecule has 0 fully saturated rings. The van der Waals surface area contributed by atoms with Crippen LogP contribution < -0.4 is 10.6 Å². The van der Waals surface area contributed by atoms with E-state index in [0.29, 0.717) is 17.9 Å². The van der Waals surface area contributed by atoms with E-state index in [1.54, 1.807) is 30.7 Å². The number of hydrogen-bond acceptors (Lipinski definition) is 4. The fourth-order valence-corrected chi connectivity index (χ4v) is 3.34. The van der Waals surface area contributed by atoms with Crippen LogP contribution in [-0.4, -0.2) is 21.9 Å². The highest BCUT2D eigenvalue weighted by atomic mass is 35.5. The molecule has 138 valence electrons. The Balaban J connectivity index is 0.00000210. The van der Waals surface area contributed by atoms with Crippen molar-refractivity contribution in [2.45, 2.75) is 25.4 Å². The number of anilines is 1. The van der Waals surface area contributed by atoms with Crippen molar-refractivity contribution in [1.29, 1.82) is 0 Å². The van der Waals surface area contributed by atoms with E-state index in [1.165, 1.54) is 11.1 Å². The highest BCUT2D eigenvalue weighted by molar-refractivity contribution is 5.98. The van der Waals surface area contributed by atoms with E-state index >= 15 is 0 Å². The van der Waals surface area contributed by atoms with Gasteiger partial charge in [-0.2, -0.15) is 0 Å². The number of nitrogens with one attached hydrogen (secondary N) is 2. The number of nitrogens with zero attached hydrogens (tertiary/aromatic N) is 2. The maximum atomic E-state index is 12.8. The van der Waals surface area contributed by atoms with Gasteiger partial charge in [-0.3, -0.25) is 9.78 Å². The van der Waals surface area contributed by atoms with Gasteiger partial charge in [0.1, 0.15) is 5.82 Å². The highest BCUT2D eigenvalue weighted by Crippen LogP contribution is 2.22. The summed E-state index contributed by atoms with van der Waals surface area (Å²) in [5.41, 5.74) is 4.29. The molecule has 2 N–H and O–H groups in total. The Hall–Kier alpha value is -2.92. The van der Waals surface area contributed by atoms with Crippen LogP contribution in [0.4, 0.5) is 5.82 Å². The Morgan fingerprint density at radius 1 is 0.963 bits per heavy atom. The molecule has 0 saturated carbocycles. The first-order valence-corrected chi connectivity index (χ1v) is 8.75. The van der Waals surface area contributed by atoms with Gasteiger partial charge in [-0.05, 0) is 53.8 Å². The summed E-state index contributed by atoms with van der Waals surface area (Å²) in [6.07, 6.45) is 6.95. The molecule has 3 aromatic rings. The van der Waals surface area contributed by atoms with Crippen LogP contribution in [0.1, 0.15) is 27.0 Å². The molecule has 0 aliphatic heterocycles. The zero-order valence-corrected chi connectivity index (χ0v) is 15.6. The van der Waals surface area contributed by atoms with Gasteiger partial charge in [-0.15, -0.1) is 12.4 Å². The summed E-state index contributed by atoms with van der Waals surface area (Å²) in [5, 5.41) is 6.40. The Bertz CT molecular complexity index is 892. The van der Waals surface area contributed by atoms with Gasteiger partial charge >= 0.3 is 0 Å². The third kappa shape index (κ3) is 4.44. The molecule has 0 bridgehead atoms. The molecule has 1 aliphatic rings. The highest BCUT2D eigenvalue weighted by Gasteiger charge is 2.23. The first-order chi connectivity index (χ1) is 12.8. The number of aromatic nitrogens is 2. The monoisotopic (exact) mass is 380 g/mol. The van der Waals surface area contributed by atoms with Crippen molar-refractivity contribution in [2.75, 3.05) is 5.32 Å². The summed E-state index contributed by atoms with van der Waals surface area (Å²) in [5.74, 6) is 0.505. The second-order valence-electron chi connectivity index (χ2n) is 6.46. The van der Waals surface area contributed by atoms with Crippen LogP contribution in [0.2, 0.25) is 0 Å². The number of benzene rings is 1. The van der Waals surface area contributed by atoms with E-state index in [9.17, 15) is 4.79 Å². The van der Waals surface area contributed by atoms with Crippen LogP contribution in [0.5, 0.6) is 0 Å². The minimum atomic E-state index is -0.0897. The molecule has 1 amide bonds. The molecule has 0 saturated heterocycles. The van der Waals surface area contributed by atoms with Gasteiger partial charge in [0.05, 0.1) is 5.56 Å². The number of pyridine rings is 2. The molecule has 27 heavy (non-hydrogen) atoms. The summed E-state index contributed by atoms with van der Waals surface area (Å²) in [4.78, 5) is 21.1. The second kappa shape index (κ2) is 8.64. The minimum absolute atomic E-state index is 0. The van der Waals surface area contributed by atoms with Crippen molar-refractivity contribution < 1.29 is 4.79 Å². The molecular weight excluding hydrogens is 360 g/mol. The van der Waals surface area contributed by atoms with Crippen molar-refractivity contribution in [1.82, 2.24) is 15.3 Å². The van der Waals surface area contributed by atoms with Crippen LogP contribution in [-0.2, 0) is 19.4 Å². The van der Waals surface area contributed by atoms with Crippen LogP contribution in [0.15, 0.2) is 67.1 Å². The van der Waals surface area contributed by atoms with Gasteiger partial charge in [0.15, 0.2) is 0 Å². The quantitative estimate of drug-likeness (QED) is 0.711. The van der Waals surface area contributed by atoms with E-state index in [-0.39, 0.29) is 24.4 Å². The lowest BCUT2D eigenvalue weighted by molar-refractivity contribution is 0.0939. The SMILES string of the molecule is Cl.O=C(NC1Cc2ccccc2C1)c1cccnc1NCc1ccncc1. The molecule has 0 unspecified atom stereocenters. The molecule has 5 nitrogen and oxygen atoms in total. The van der Waals surface area contributed by atoms with Crippen molar-refractivity contribution in [2.24, 2.45) is 0 Å². The van der Waals surface area contributed by atoms with E-state index in [1.807, 2.05) is 24.3 Å². The smallest absolute Gasteiger partial charge is 0.255 e. The topological polar surface area (TPSA) is 66.9 Å². The minimum Gasteiger partial charge on any atom is -0.365 e. The van der Waals surface area contributed by atoms with Crippen LogP contribution in [0.3, 0.4) is 0 Å². The van der Waals surface area contributed by atoms with Gasteiger partial charge < -0.3 is 10.6 Å². The van der Waals surface area contributed by atoms with Crippen molar-refractivity contribution in [3.05, 3.63) is 89.4 Å². The number of halogens is 1. The van der Waals surface area contributed by atoms with Gasteiger partial charge in [0.25, 0.3) is 5.91 Å². The maximum Gasteiger partial charge on any atom is 0.255 e. The predicted octanol–water partition coefficient (Wildman–Crippen LogP) is 3.41. The van der Waals surface area contributed by atoms with E-state index in [2.05, 4.69) is 32.7 Å². The number of amides is 1. The number of fused-ring (bicyclic) bond motifs is 1. The van der Waals surface area contributed by atoms with Gasteiger partial charge in [0, 0.05) is 31.2 Å². The Kier molecular flexibility index (Phi) is 6.04. The van der Waals surface area contributed by atoms with Crippen LogP contribution in [0, 0.1) is 0 Å². The first kappa shape index (κ1) is 18.9. The summed E-state index contributed by atoms with van der Waals surface area (Å²) in [7, 11) is 0. The lowest BCUT2D eigenvalue weighted by atomic mass is 10.1. The molecule has 4 rings (SSSR count). The zero-order valence-electron chi connectivity index (χ0n) is 14.8. The number of carbonyl (C=O) groups excluding carboxylic acids is 1. The molecule has 2 aromatic heterocycles. The molecule has 0 radical (unpaired) electrons. The zero-order chi connectivity index (χ0) is 17.8. The average Bonchev–Trinajstić information content (AvgIpc) is 3.09. The molecular formula is C21H21ClN4O. The molecule has 6 heteroatoms. The molecule has 2 heterocycles. The Labute approximate surface area is 164 Å². The number of rotatable bonds is 5. The largest absolute Gasteiger partial charge is 0.365 e.